The molecular formula is C20H27N3O3. The van der Waals surface area contributed by atoms with E-state index >= 15 is 0 Å². The number of piperidine rings is 2. The number of fused-ring (bicyclic) bond motifs is 2. The Balaban J connectivity index is 1.67. The first-order valence-electron chi connectivity index (χ1n) is 9.46. The van der Waals surface area contributed by atoms with Gasteiger partial charge in [-0.15, -0.1) is 0 Å². The van der Waals surface area contributed by atoms with Crippen molar-refractivity contribution in [2.45, 2.75) is 63.4 Å². The van der Waals surface area contributed by atoms with Gasteiger partial charge in [0.2, 0.25) is 0 Å². The third kappa shape index (κ3) is 2.76. The molecule has 4 rings (SSSR count). The largest absolute Gasteiger partial charge is 0.393 e. The van der Waals surface area contributed by atoms with Gasteiger partial charge in [0, 0.05) is 24.0 Å². The van der Waals surface area contributed by atoms with Crippen LogP contribution in [0, 0.1) is 5.92 Å². The third-order valence-electron chi connectivity index (χ3n) is 6.46. The Morgan fingerprint density at radius 1 is 1.23 bits per heavy atom. The van der Waals surface area contributed by atoms with Crippen molar-refractivity contribution in [2.24, 2.45) is 5.92 Å². The van der Waals surface area contributed by atoms with Gasteiger partial charge in [-0.1, -0.05) is 12.1 Å². The number of aromatic nitrogens is 2. The molecule has 140 valence electrons. The Bertz CT molecular complexity index is 863. The molecule has 26 heavy (non-hydrogen) atoms. The average molecular weight is 357 g/mol. The summed E-state index contributed by atoms with van der Waals surface area (Å²) < 4.78 is 1.62. The number of nitrogens with zero attached hydrogens (tertiary/aromatic N) is 3. The molecule has 1 aromatic heterocycles. The van der Waals surface area contributed by atoms with E-state index in [2.05, 4.69) is 23.7 Å². The van der Waals surface area contributed by atoms with Crippen molar-refractivity contribution in [3.05, 3.63) is 40.9 Å². The van der Waals surface area contributed by atoms with Gasteiger partial charge in [0.25, 0.3) is 5.56 Å². The summed E-state index contributed by atoms with van der Waals surface area (Å²) in [5.74, 6) is -0.107. The fourth-order valence-corrected chi connectivity index (χ4v) is 4.93. The predicted octanol–water partition coefficient (Wildman–Crippen LogP) is 1.38. The molecule has 2 aromatic rings. The summed E-state index contributed by atoms with van der Waals surface area (Å²) in [6, 6.07) is 7.33. The van der Waals surface area contributed by atoms with Crippen molar-refractivity contribution in [3.63, 3.8) is 0 Å². The third-order valence-corrected chi connectivity index (χ3v) is 6.46. The summed E-state index contributed by atoms with van der Waals surface area (Å²) in [6.45, 7) is 5.57. The second-order valence-electron chi connectivity index (χ2n) is 8.25. The smallest absolute Gasteiger partial charge is 0.261 e. The monoisotopic (exact) mass is 357 g/mol. The Labute approximate surface area is 153 Å². The molecule has 0 unspecified atom stereocenters. The number of benzene rings is 1. The maximum Gasteiger partial charge on any atom is 0.261 e. The summed E-state index contributed by atoms with van der Waals surface area (Å²) in [4.78, 5) is 19.6. The SMILES string of the molecule is CC1(C)[C@H](Cn2cnc3ccccc3c2=O)[C@H](O)C[C@H]2[C@@H](O)CCCN21. The predicted molar refractivity (Wildman–Crippen MR) is 99.9 cm³/mol. The lowest BCUT2D eigenvalue weighted by molar-refractivity contribution is -0.142. The number of rotatable bonds is 2. The van der Waals surface area contributed by atoms with E-state index in [4.69, 9.17) is 0 Å². The van der Waals surface area contributed by atoms with Crippen LogP contribution in [0.1, 0.15) is 33.1 Å². The molecule has 3 heterocycles. The molecule has 2 N–H and O–H groups in total. The van der Waals surface area contributed by atoms with E-state index in [9.17, 15) is 15.0 Å². The van der Waals surface area contributed by atoms with Gasteiger partial charge in [-0.3, -0.25) is 14.3 Å². The van der Waals surface area contributed by atoms with Crippen molar-refractivity contribution in [3.8, 4) is 0 Å². The Kier molecular flexibility index (Phi) is 4.37. The summed E-state index contributed by atoms with van der Waals surface area (Å²) in [7, 11) is 0. The van der Waals surface area contributed by atoms with E-state index in [1.54, 1.807) is 17.0 Å². The first-order chi connectivity index (χ1) is 12.4. The average Bonchev–Trinajstić information content (AvgIpc) is 2.61. The lowest BCUT2D eigenvalue weighted by Crippen LogP contribution is -2.67. The van der Waals surface area contributed by atoms with Gasteiger partial charge in [-0.2, -0.15) is 0 Å². The molecule has 0 spiro atoms. The fraction of sp³-hybridized carbons (Fsp3) is 0.600. The van der Waals surface area contributed by atoms with Crippen LogP contribution in [0.25, 0.3) is 10.9 Å². The zero-order chi connectivity index (χ0) is 18.5. The van der Waals surface area contributed by atoms with Crippen LogP contribution < -0.4 is 5.56 Å². The number of hydrogen-bond donors (Lipinski definition) is 2. The van der Waals surface area contributed by atoms with Gasteiger partial charge < -0.3 is 10.2 Å². The standard InChI is InChI=1S/C20H27N3O3/c1-20(2)14(18(25)10-16-17(24)8-5-9-23(16)20)11-22-12-21-15-7-4-3-6-13(15)19(22)26/h3-4,6-7,12,14,16-18,24-25H,5,8-11H2,1-2H3/t14-,16+,17+,18-/m1/s1. The zero-order valence-corrected chi connectivity index (χ0v) is 15.4. The molecule has 0 bridgehead atoms. The second kappa shape index (κ2) is 6.44. The molecule has 2 aliphatic heterocycles. The van der Waals surface area contributed by atoms with Crippen molar-refractivity contribution in [1.82, 2.24) is 14.5 Å². The highest BCUT2D eigenvalue weighted by atomic mass is 16.3. The minimum atomic E-state index is -0.558. The summed E-state index contributed by atoms with van der Waals surface area (Å²) in [5, 5.41) is 21.8. The molecule has 6 heteroatoms. The van der Waals surface area contributed by atoms with Crippen molar-refractivity contribution < 1.29 is 10.2 Å². The zero-order valence-electron chi connectivity index (χ0n) is 15.4. The van der Waals surface area contributed by atoms with Crippen LogP contribution in [0.4, 0.5) is 0 Å². The van der Waals surface area contributed by atoms with Crippen LogP contribution in [0.15, 0.2) is 35.4 Å². The van der Waals surface area contributed by atoms with Crippen LogP contribution >= 0.6 is 0 Å². The number of aliphatic hydroxyl groups excluding tert-OH is 2. The molecule has 0 radical (unpaired) electrons. The Morgan fingerprint density at radius 3 is 2.81 bits per heavy atom. The summed E-state index contributed by atoms with van der Waals surface area (Å²) in [5.41, 5.74) is 0.310. The van der Waals surface area contributed by atoms with Crippen molar-refractivity contribution in [2.75, 3.05) is 6.54 Å². The summed E-state index contributed by atoms with van der Waals surface area (Å²) >= 11 is 0. The van der Waals surface area contributed by atoms with Gasteiger partial charge in [-0.25, -0.2) is 4.98 Å². The minimum absolute atomic E-state index is 0.00329. The molecule has 0 saturated carbocycles. The second-order valence-corrected chi connectivity index (χ2v) is 8.25. The number of aliphatic hydroxyl groups is 2. The molecule has 0 aliphatic carbocycles. The highest BCUT2D eigenvalue weighted by molar-refractivity contribution is 5.76. The first kappa shape index (κ1) is 17.6. The Morgan fingerprint density at radius 2 is 2.00 bits per heavy atom. The van der Waals surface area contributed by atoms with Crippen molar-refractivity contribution in [1.29, 1.82) is 0 Å². The topological polar surface area (TPSA) is 78.6 Å². The van der Waals surface area contributed by atoms with Gasteiger partial charge in [0.15, 0.2) is 0 Å². The Hall–Kier alpha value is -1.76. The molecule has 6 nitrogen and oxygen atoms in total. The van der Waals surface area contributed by atoms with Crippen LogP contribution in [-0.4, -0.2) is 55.0 Å². The first-order valence-corrected chi connectivity index (χ1v) is 9.46. The minimum Gasteiger partial charge on any atom is -0.393 e. The van der Waals surface area contributed by atoms with E-state index in [-0.39, 0.29) is 29.2 Å². The number of para-hydroxylation sites is 1. The van der Waals surface area contributed by atoms with Crippen LogP contribution in [0.3, 0.4) is 0 Å². The van der Waals surface area contributed by atoms with Crippen molar-refractivity contribution >= 4 is 10.9 Å². The quantitative estimate of drug-likeness (QED) is 0.849. The van der Waals surface area contributed by atoms with Gasteiger partial charge in [-0.05, 0) is 51.8 Å². The van der Waals surface area contributed by atoms with Gasteiger partial charge in [0.1, 0.15) is 0 Å². The van der Waals surface area contributed by atoms with E-state index in [1.807, 2.05) is 18.2 Å². The van der Waals surface area contributed by atoms with Crippen LogP contribution in [0.5, 0.6) is 0 Å². The maximum atomic E-state index is 12.8. The lowest BCUT2D eigenvalue weighted by atomic mass is 9.71. The summed E-state index contributed by atoms with van der Waals surface area (Å²) in [6.07, 6.45) is 2.95. The molecule has 2 saturated heterocycles. The highest BCUT2D eigenvalue weighted by Gasteiger charge is 2.50. The molecule has 2 aliphatic rings. The molecule has 4 atom stereocenters. The molecule has 0 amide bonds. The fourth-order valence-electron chi connectivity index (χ4n) is 4.93. The highest BCUT2D eigenvalue weighted by Crippen LogP contribution is 2.41. The molecule has 2 fully saturated rings. The van der Waals surface area contributed by atoms with E-state index in [1.165, 1.54) is 0 Å². The van der Waals surface area contributed by atoms with Crippen LogP contribution in [-0.2, 0) is 6.54 Å². The van der Waals surface area contributed by atoms with Crippen LogP contribution in [0.2, 0.25) is 0 Å². The van der Waals surface area contributed by atoms with Gasteiger partial charge >= 0.3 is 0 Å². The molecular weight excluding hydrogens is 330 g/mol. The lowest BCUT2D eigenvalue weighted by Gasteiger charge is -2.57. The van der Waals surface area contributed by atoms with E-state index in [0.29, 0.717) is 23.9 Å². The number of hydrogen-bond acceptors (Lipinski definition) is 5. The van der Waals surface area contributed by atoms with E-state index < -0.39 is 6.10 Å². The maximum absolute atomic E-state index is 12.8. The normalized spacial score (nSPS) is 31.7. The van der Waals surface area contributed by atoms with Gasteiger partial charge in [0.05, 0.1) is 29.4 Å². The molecule has 1 aromatic carbocycles. The van der Waals surface area contributed by atoms with E-state index in [0.717, 1.165) is 19.4 Å².